The van der Waals surface area contributed by atoms with Crippen molar-refractivity contribution < 1.29 is 19.4 Å². The van der Waals surface area contributed by atoms with Crippen molar-refractivity contribution in [2.45, 2.75) is 44.1 Å². The molecular weight excluding hydrogens is 230 g/mol. The Labute approximate surface area is 100 Å². The molecule has 1 N–H and O–H groups in total. The van der Waals surface area contributed by atoms with Gasteiger partial charge in [0.25, 0.3) is 0 Å². The second-order valence-electron chi connectivity index (χ2n) is 4.88. The Balaban J connectivity index is 2.71. The number of aliphatic carboxylic acids is 1. The zero-order valence-electron chi connectivity index (χ0n) is 9.64. The van der Waals surface area contributed by atoms with Gasteiger partial charge < -0.3 is 9.84 Å². The first-order valence-corrected chi connectivity index (χ1v) is 5.63. The van der Waals surface area contributed by atoms with E-state index in [4.69, 9.17) is 9.84 Å². The summed E-state index contributed by atoms with van der Waals surface area (Å²) in [7, 11) is 0. The topological polar surface area (TPSA) is 66.8 Å². The molecule has 0 spiro atoms. The fourth-order valence-corrected chi connectivity index (χ4v) is 1.95. The standard InChI is InChI=1S/C10H17NO4S/c1-10(2,3)15-9(14)11-5-6(16)4-7(11)8(12)13/h6-7,16H,4-5H2,1-3H3,(H,12,13)/t6-,7?/m1/s1. The van der Waals surface area contributed by atoms with Gasteiger partial charge in [0.2, 0.25) is 0 Å². The van der Waals surface area contributed by atoms with Gasteiger partial charge in [-0.3, -0.25) is 4.90 Å². The lowest BCUT2D eigenvalue weighted by Gasteiger charge is -2.26. The third kappa shape index (κ3) is 3.30. The van der Waals surface area contributed by atoms with Crippen molar-refractivity contribution in [3.63, 3.8) is 0 Å². The SMILES string of the molecule is CC(C)(C)OC(=O)N1C[C@H](S)CC1C(=O)O. The minimum absolute atomic E-state index is 0.103. The van der Waals surface area contributed by atoms with Crippen molar-refractivity contribution in [3.05, 3.63) is 0 Å². The molecule has 5 nitrogen and oxygen atoms in total. The van der Waals surface area contributed by atoms with E-state index in [-0.39, 0.29) is 5.25 Å². The van der Waals surface area contributed by atoms with Gasteiger partial charge in [0, 0.05) is 11.8 Å². The number of thiol groups is 1. The van der Waals surface area contributed by atoms with Crippen molar-refractivity contribution >= 4 is 24.7 Å². The summed E-state index contributed by atoms with van der Waals surface area (Å²) in [6, 6.07) is -0.822. The van der Waals surface area contributed by atoms with Crippen LogP contribution in [-0.2, 0) is 9.53 Å². The lowest BCUT2D eigenvalue weighted by molar-refractivity contribution is -0.142. The molecule has 1 heterocycles. The first-order valence-electron chi connectivity index (χ1n) is 5.11. The fraction of sp³-hybridized carbons (Fsp3) is 0.800. The van der Waals surface area contributed by atoms with Gasteiger partial charge in [0.1, 0.15) is 11.6 Å². The molecule has 0 saturated carbocycles. The van der Waals surface area contributed by atoms with E-state index in [0.29, 0.717) is 13.0 Å². The maximum Gasteiger partial charge on any atom is 0.411 e. The average Bonchev–Trinajstić information content (AvgIpc) is 2.44. The monoisotopic (exact) mass is 247 g/mol. The van der Waals surface area contributed by atoms with Crippen LogP contribution in [0.3, 0.4) is 0 Å². The Bertz CT molecular complexity index is 300. The van der Waals surface area contributed by atoms with Gasteiger partial charge in [-0.05, 0) is 27.2 Å². The van der Waals surface area contributed by atoms with Gasteiger partial charge in [0.05, 0.1) is 0 Å². The minimum Gasteiger partial charge on any atom is -0.480 e. The summed E-state index contributed by atoms with van der Waals surface area (Å²) in [4.78, 5) is 23.9. The summed E-state index contributed by atoms with van der Waals surface area (Å²) >= 11 is 4.20. The summed E-state index contributed by atoms with van der Waals surface area (Å²) in [6.45, 7) is 5.55. The first-order chi connectivity index (χ1) is 7.20. The number of carbonyl (C=O) groups excluding carboxylic acids is 1. The van der Waals surface area contributed by atoms with Crippen LogP contribution in [0, 0.1) is 0 Å². The number of likely N-dealkylation sites (tertiary alicyclic amines) is 1. The van der Waals surface area contributed by atoms with E-state index in [0.717, 1.165) is 0 Å². The first kappa shape index (κ1) is 13.2. The molecular formula is C10H17NO4S. The van der Waals surface area contributed by atoms with Crippen molar-refractivity contribution in [1.29, 1.82) is 0 Å². The van der Waals surface area contributed by atoms with Crippen molar-refractivity contribution in [1.82, 2.24) is 4.90 Å². The van der Waals surface area contributed by atoms with Gasteiger partial charge in [-0.15, -0.1) is 0 Å². The average molecular weight is 247 g/mol. The quantitative estimate of drug-likeness (QED) is 0.687. The molecule has 1 fully saturated rings. The van der Waals surface area contributed by atoms with E-state index < -0.39 is 23.7 Å². The summed E-state index contributed by atoms with van der Waals surface area (Å²) in [5.74, 6) is -1.01. The number of nitrogens with zero attached hydrogens (tertiary/aromatic N) is 1. The van der Waals surface area contributed by atoms with Crippen LogP contribution in [-0.4, -0.2) is 45.5 Å². The largest absolute Gasteiger partial charge is 0.480 e. The third-order valence-corrected chi connectivity index (χ3v) is 2.57. The molecule has 1 rings (SSSR count). The normalized spacial score (nSPS) is 25.6. The van der Waals surface area contributed by atoms with E-state index in [1.54, 1.807) is 20.8 Å². The molecule has 0 aromatic carbocycles. The minimum atomic E-state index is -1.01. The van der Waals surface area contributed by atoms with E-state index in [1.165, 1.54) is 4.90 Å². The molecule has 0 aliphatic carbocycles. The molecule has 1 saturated heterocycles. The van der Waals surface area contributed by atoms with Gasteiger partial charge in [-0.1, -0.05) is 0 Å². The van der Waals surface area contributed by atoms with E-state index >= 15 is 0 Å². The smallest absolute Gasteiger partial charge is 0.411 e. The number of rotatable bonds is 1. The molecule has 6 heteroatoms. The van der Waals surface area contributed by atoms with E-state index in [9.17, 15) is 9.59 Å². The highest BCUT2D eigenvalue weighted by Crippen LogP contribution is 2.24. The maximum atomic E-state index is 11.7. The Morgan fingerprint density at radius 2 is 2.00 bits per heavy atom. The van der Waals surface area contributed by atoms with Gasteiger partial charge in [0.15, 0.2) is 0 Å². The van der Waals surface area contributed by atoms with Crippen molar-refractivity contribution in [2.24, 2.45) is 0 Å². The highest BCUT2D eigenvalue weighted by Gasteiger charge is 2.40. The predicted molar refractivity (Wildman–Crippen MR) is 61.8 cm³/mol. The van der Waals surface area contributed by atoms with Gasteiger partial charge >= 0.3 is 12.1 Å². The van der Waals surface area contributed by atoms with Crippen LogP contribution in [0.25, 0.3) is 0 Å². The second-order valence-corrected chi connectivity index (χ2v) is 5.61. The predicted octanol–water partition coefficient (Wildman–Crippen LogP) is 1.38. The number of hydrogen-bond acceptors (Lipinski definition) is 4. The number of carboxylic acid groups (broad SMARTS) is 1. The van der Waals surface area contributed by atoms with Crippen LogP contribution in [0.1, 0.15) is 27.2 Å². The summed E-state index contributed by atoms with van der Waals surface area (Å²) in [5, 5.41) is 8.86. The van der Waals surface area contributed by atoms with Crippen LogP contribution in [0.4, 0.5) is 4.79 Å². The molecule has 0 radical (unpaired) electrons. The number of carbonyl (C=O) groups is 2. The van der Waals surface area contributed by atoms with Crippen LogP contribution in [0.15, 0.2) is 0 Å². The highest BCUT2D eigenvalue weighted by atomic mass is 32.1. The highest BCUT2D eigenvalue weighted by molar-refractivity contribution is 7.81. The summed E-state index contributed by atoms with van der Waals surface area (Å²) in [5.41, 5.74) is -0.616. The Kier molecular flexibility index (Phi) is 3.72. The zero-order valence-corrected chi connectivity index (χ0v) is 10.5. The Morgan fingerprint density at radius 3 is 2.44 bits per heavy atom. The molecule has 1 aliphatic heterocycles. The zero-order chi connectivity index (χ0) is 12.5. The number of amides is 1. The molecule has 0 aromatic rings. The second kappa shape index (κ2) is 4.53. The van der Waals surface area contributed by atoms with E-state index in [1.807, 2.05) is 0 Å². The number of hydrogen-bond donors (Lipinski definition) is 2. The summed E-state index contributed by atoms with van der Waals surface area (Å²) in [6.07, 6.45) is -0.228. The lowest BCUT2D eigenvalue weighted by Crippen LogP contribution is -2.43. The number of carboxylic acids is 1. The summed E-state index contributed by atoms with van der Waals surface area (Å²) < 4.78 is 5.14. The van der Waals surface area contributed by atoms with Crippen LogP contribution < -0.4 is 0 Å². The number of ether oxygens (including phenoxy) is 1. The molecule has 16 heavy (non-hydrogen) atoms. The molecule has 0 aromatic heterocycles. The third-order valence-electron chi connectivity index (χ3n) is 2.19. The Morgan fingerprint density at radius 1 is 1.44 bits per heavy atom. The van der Waals surface area contributed by atoms with Crippen molar-refractivity contribution in [3.8, 4) is 0 Å². The molecule has 0 bridgehead atoms. The molecule has 92 valence electrons. The Hall–Kier alpha value is -0.910. The lowest BCUT2D eigenvalue weighted by atomic mass is 10.2. The van der Waals surface area contributed by atoms with Crippen LogP contribution >= 0.6 is 12.6 Å². The van der Waals surface area contributed by atoms with Gasteiger partial charge in [-0.25, -0.2) is 9.59 Å². The van der Waals surface area contributed by atoms with Crippen LogP contribution in [0.5, 0.6) is 0 Å². The molecule has 1 unspecified atom stereocenters. The molecule has 2 atom stereocenters. The van der Waals surface area contributed by atoms with Gasteiger partial charge in [-0.2, -0.15) is 12.6 Å². The molecule has 1 amide bonds. The van der Waals surface area contributed by atoms with E-state index in [2.05, 4.69) is 12.6 Å². The fourth-order valence-electron chi connectivity index (χ4n) is 1.57. The maximum absolute atomic E-state index is 11.7. The molecule has 1 aliphatic rings. The van der Waals surface area contributed by atoms with Crippen molar-refractivity contribution in [2.75, 3.05) is 6.54 Å². The van der Waals surface area contributed by atoms with Crippen LogP contribution in [0.2, 0.25) is 0 Å².